The van der Waals surface area contributed by atoms with E-state index in [2.05, 4.69) is 44.0 Å². The van der Waals surface area contributed by atoms with Crippen LogP contribution in [0.3, 0.4) is 0 Å². The third-order valence-corrected chi connectivity index (χ3v) is 8.24. The Balaban J connectivity index is 1.53. The lowest BCUT2D eigenvalue weighted by Gasteiger charge is -2.47. The molecule has 2 fully saturated rings. The fourth-order valence-corrected chi connectivity index (χ4v) is 5.65. The summed E-state index contributed by atoms with van der Waals surface area (Å²) in [4.78, 5) is 30.2. The van der Waals surface area contributed by atoms with Crippen LogP contribution in [-0.2, 0) is 20.7 Å². The van der Waals surface area contributed by atoms with Gasteiger partial charge in [-0.3, -0.25) is 9.69 Å². The minimum atomic E-state index is -1.73. The topological polar surface area (TPSA) is 135 Å². The van der Waals surface area contributed by atoms with Gasteiger partial charge in [0.15, 0.2) is 0 Å². The van der Waals surface area contributed by atoms with Gasteiger partial charge in [0, 0.05) is 25.2 Å². The van der Waals surface area contributed by atoms with Gasteiger partial charge < -0.3 is 29.7 Å². The average molecular weight is 571 g/mol. The van der Waals surface area contributed by atoms with Crippen molar-refractivity contribution in [3.63, 3.8) is 0 Å². The number of likely N-dealkylation sites (tertiary alicyclic amines) is 1. The van der Waals surface area contributed by atoms with Crippen LogP contribution in [0.1, 0.15) is 71.8 Å². The summed E-state index contributed by atoms with van der Waals surface area (Å²) in [6.45, 7) is 11.4. The van der Waals surface area contributed by atoms with Crippen molar-refractivity contribution >= 4 is 19.1 Å². The number of benzene rings is 1. The molecule has 2 saturated heterocycles. The highest BCUT2D eigenvalue weighted by molar-refractivity contribution is 6.43. The van der Waals surface area contributed by atoms with Gasteiger partial charge in [-0.2, -0.15) is 5.26 Å². The highest BCUT2D eigenvalue weighted by Gasteiger charge is 2.37. The fourth-order valence-electron chi connectivity index (χ4n) is 5.65. The predicted octanol–water partition coefficient (Wildman–Crippen LogP) is 2.92. The van der Waals surface area contributed by atoms with Gasteiger partial charge in [0.25, 0.3) is 0 Å². The lowest BCUT2D eigenvalue weighted by molar-refractivity contribution is -0.135. The van der Waals surface area contributed by atoms with E-state index in [-0.39, 0.29) is 23.6 Å². The monoisotopic (exact) mass is 570 g/mol. The molecule has 1 aromatic rings. The van der Waals surface area contributed by atoms with Crippen LogP contribution in [0.25, 0.3) is 0 Å². The number of alkyl carbamates (subject to hydrolysis) is 1. The maximum Gasteiger partial charge on any atom is 0.475 e. The van der Waals surface area contributed by atoms with E-state index in [9.17, 15) is 24.9 Å². The molecule has 2 heterocycles. The van der Waals surface area contributed by atoms with Crippen LogP contribution < -0.4 is 5.32 Å². The normalized spacial score (nSPS) is 21.2. The number of nitrogens with zero attached hydrogens (tertiary/aromatic N) is 3. The smallest absolute Gasteiger partial charge is 0.444 e. The highest BCUT2D eigenvalue weighted by Crippen LogP contribution is 2.29. The number of aryl methyl sites for hydroxylation is 1. The molecule has 0 radical (unpaired) electrons. The SMILES string of the molecule is CC1(C)CN(C(C)(C)CCC(C#N)C(=O)N2CCCC[C@@H](OC(=O)N[C@@H](CCc3ccccc3)B(O)O)C2)CCO1. The van der Waals surface area contributed by atoms with Crippen LogP contribution in [0.2, 0.25) is 0 Å². The van der Waals surface area contributed by atoms with Gasteiger partial charge >= 0.3 is 13.2 Å². The zero-order valence-corrected chi connectivity index (χ0v) is 25.1. The van der Waals surface area contributed by atoms with Crippen LogP contribution >= 0.6 is 0 Å². The maximum atomic E-state index is 13.4. The van der Waals surface area contributed by atoms with Crippen molar-refractivity contribution in [2.45, 2.75) is 95.8 Å². The highest BCUT2D eigenvalue weighted by atomic mass is 16.6. The Morgan fingerprint density at radius 1 is 1.22 bits per heavy atom. The molecule has 2 amide bonds. The van der Waals surface area contributed by atoms with E-state index >= 15 is 0 Å². The summed E-state index contributed by atoms with van der Waals surface area (Å²) >= 11 is 0. The summed E-state index contributed by atoms with van der Waals surface area (Å²) in [5, 5.41) is 32.1. The molecule has 0 aliphatic carbocycles. The Morgan fingerprint density at radius 3 is 2.61 bits per heavy atom. The maximum absolute atomic E-state index is 13.4. The standard InChI is InChI=1S/C30H47BN4O6/c1-29(2,35-18-19-40-30(3,4)22-35)16-15-24(20-32)27(36)34-17-9-8-12-25(21-34)41-28(37)33-26(31(38)39)14-13-23-10-6-5-7-11-23/h5-7,10-11,24-26,38-39H,8-9,12-19,21-22H2,1-4H3,(H,33,37)/t24?,25-,26+/m1/s1. The minimum Gasteiger partial charge on any atom is -0.444 e. The molecular formula is C30H47BN4O6. The van der Waals surface area contributed by atoms with Crippen molar-refractivity contribution in [1.82, 2.24) is 15.1 Å². The molecule has 1 aromatic carbocycles. The number of carbonyl (C=O) groups excluding carboxylic acids is 2. The summed E-state index contributed by atoms with van der Waals surface area (Å²) in [6.07, 6.45) is 2.86. The number of carbonyl (C=O) groups is 2. The van der Waals surface area contributed by atoms with E-state index in [0.29, 0.717) is 45.3 Å². The first-order valence-corrected chi connectivity index (χ1v) is 14.8. The quantitative estimate of drug-likeness (QED) is 0.346. The average Bonchev–Trinajstić information content (AvgIpc) is 3.16. The Kier molecular flexibility index (Phi) is 12.0. The van der Waals surface area contributed by atoms with E-state index in [0.717, 1.165) is 31.5 Å². The van der Waals surface area contributed by atoms with Gasteiger partial charge in [-0.1, -0.05) is 30.3 Å². The van der Waals surface area contributed by atoms with Crippen molar-refractivity contribution in [2.24, 2.45) is 5.92 Å². The lowest BCUT2D eigenvalue weighted by atomic mass is 9.76. The van der Waals surface area contributed by atoms with Crippen molar-refractivity contribution in [3.8, 4) is 6.07 Å². The van der Waals surface area contributed by atoms with E-state index < -0.39 is 31.2 Å². The van der Waals surface area contributed by atoms with E-state index in [1.807, 2.05) is 30.3 Å². The second-order valence-electron chi connectivity index (χ2n) is 12.6. The van der Waals surface area contributed by atoms with Gasteiger partial charge in [-0.15, -0.1) is 0 Å². The molecule has 11 heteroatoms. The van der Waals surface area contributed by atoms with E-state index in [1.165, 1.54) is 0 Å². The minimum absolute atomic E-state index is 0.187. The van der Waals surface area contributed by atoms with Gasteiger partial charge in [0.05, 0.1) is 30.8 Å². The molecule has 0 spiro atoms. The molecule has 0 saturated carbocycles. The zero-order valence-electron chi connectivity index (χ0n) is 25.1. The molecule has 3 atom stereocenters. The molecular weight excluding hydrogens is 523 g/mol. The van der Waals surface area contributed by atoms with Crippen LogP contribution in [0, 0.1) is 17.2 Å². The molecule has 41 heavy (non-hydrogen) atoms. The largest absolute Gasteiger partial charge is 0.475 e. The van der Waals surface area contributed by atoms with Gasteiger partial charge in [-0.05, 0) is 78.2 Å². The first kappa shape index (κ1) is 32.9. The third kappa shape index (κ3) is 10.3. The van der Waals surface area contributed by atoms with Gasteiger partial charge in [0.2, 0.25) is 5.91 Å². The molecule has 0 aromatic heterocycles. The molecule has 2 aliphatic rings. The summed E-state index contributed by atoms with van der Waals surface area (Å²) in [5.41, 5.74) is 0.605. The molecule has 10 nitrogen and oxygen atoms in total. The molecule has 3 N–H and O–H groups in total. The van der Waals surface area contributed by atoms with Crippen LogP contribution in [0.5, 0.6) is 0 Å². The van der Waals surface area contributed by atoms with Crippen LogP contribution in [-0.4, -0.2) is 94.9 Å². The van der Waals surface area contributed by atoms with Crippen molar-refractivity contribution in [3.05, 3.63) is 35.9 Å². The second-order valence-corrected chi connectivity index (χ2v) is 12.6. The summed E-state index contributed by atoms with van der Waals surface area (Å²) in [5.74, 6) is -1.90. The first-order chi connectivity index (χ1) is 19.4. The van der Waals surface area contributed by atoms with Gasteiger partial charge in [-0.25, -0.2) is 4.79 Å². The lowest BCUT2D eigenvalue weighted by Crippen LogP contribution is -2.56. The molecule has 226 valence electrons. The summed E-state index contributed by atoms with van der Waals surface area (Å²) in [6, 6.07) is 11.8. The number of hydrogen-bond donors (Lipinski definition) is 3. The number of nitrogens with one attached hydrogen (secondary N) is 1. The van der Waals surface area contributed by atoms with Crippen LogP contribution in [0.4, 0.5) is 4.79 Å². The third-order valence-electron chi connectivity index (χ3n) is 8.24. The number of nitriles is 1. The molecule has 1 unspecified atom stereocenters. The Labute approximate surface area is 245 Å². The Hall–Kier alpha value is -2.65. The molecule has 0 bridgehead atoms. The number of hydrogen-bond acceptors (Lipinski definition) is 8. The molecule has 3 rings (SSSR count). The summed E-state index contributed by atoms with van der Waals surface area (Å²) in [7, 11) is -1.73. The second kappa shape index (κ2) is 15.0. The van der Waals surface area contributed by atoms with Crippen LogP contribution in [0.15, 0.2) is 30.3 Å². The summed E-state index contributed by atoms with van der Waals surface area (Å²) < 4.78 is 11.5. The Bertz CT molecular complexity index is 1030. The number of ether oxygens (including phenoxy) is 2. The number of morpholine rings is 1. The predicted molar refractivity (Wildman–Crippen MR) is 157 cm³/mol. The fraction of sp³-hybridized carbons (Fsp3) is 0.700. The van der Waals surface area contributed by atoms with E-state index in [1.54, 1.807) is 4.90 Å². The number of rotatable bonds is 11. The van der Waals surface area contributed by atoms with Crippen molar-refractivity contribution in [1.29, 1.82) is 5.26 Å². The van der Waals surface area contributed by atoms with Crippen molar-refractivity contribution < 1.29 is 29.1 Å². The number of amides is 2. The molecule has 2 aliphatic heterocycles. The van der Waals surface area contributed by atoms with E-state index in [4.69, 9.17) is 9.47 Å². The Morgan fingerprint density at radius 2 is 1.95 bits per heavy atom. The first-order valence-electron chi connectivity index (χ1n) is 14.8. The zero-order chi connectivity index (χ0) is 30.0. The van der Waals surface area contributed by atoms with Gasteiger partial charge in [0.1, 0.15) is 12.0 Å². The van der Waals surface area contributed by atoms with Crippen molar-refractivity contribution in [2.75, 3.05) is 32.8 Å².